The smallest absolute Gasteiger partial charge is 0.168 e. The molecule has 0 radical (unpaired) electrons. The molecule has 0 fully saturated rings. The Hall–Kier alpha value is -1.52. The average molecular weight is 298 g/mol. The fourth-order valence-corrected chi connectivity index (χ4v) is 2.37. The van der Waals surface area contributed by atoms with Crippen molar-refractivity contribution in [3.05, 3.63) is 45.2 Å². The molecule has 1 heterocycles. The van der Waals surface area contributed by atoms with Gasteiger partial charge in [0.1, 0.15) is 0 Å². The molecule has 2 aromatic rings. The van der Waals surface area contributed by atoms with Gasteiger partial charge in [0.05, 0.1) is 22.8 Å². The van der Waals surface area contributed by atoms with Crippen molar-refractivity contribution >= 4 is 34.7 Å². The number of hydrogen-bond acceptors (Lipinski definition) is 3. The number of carbonyl (C=O) groups excluding carboxylic acids is 1. The molecular weight excluding hydrogens is 285 g/mol. The zero-order valence-corrected chi connectivity index (χ0v) is 12.1. The summed E-state index contributed by atoms with van der Waals surface area (Å²) in [5, 5.41) is 5.13. The lowest BCUT2D eigenvalue weighted by Crippen LogP contribution is -2.08. The molecule has 19 heavy (non-hydrogen) atoms. The lowest BCUT2D eigenvalue weighted by atomic mass is 10.1. The number of rotatable bonds is 3. The minimum atomic E-state index is -0.0981. The number of aryl methyl sites for hydroxylation is 2. The lowest BCUT2D eigenvalue weighted by Gasteiger charge is -2.05. The summed E-state index contributed by atoms with van der Waals surface area (Å²) in [6.45, 7) is 1.80. The molecule has 0 saturated carbocycles. The van der Waals surface area contributed by atoms with Crippen LogP contribution >= 0.6 is 23.2 Å². The van der Waals surface area contributed by atoms with Gasteiger partial charge in [0, 0.05) is 23.3 Å². The molecule has 6 heteroatoms. The van der Waals surface area contributed by atoms with Gasteiger partial charge in [0.25, 0.3) is 0 Å². The van der Waals surface area contributed by atoms with Gasteiger partial charge in [-0.2, -0.15) is 5.10 Å². The Kier molecular flexibility index (Phi) is 3.83. The average Bonchev–Trinajstić information content (AvgIpc) is 2.54. The second kappa shape index (κ2) is 5.23. The first-order valence-corrected chi connectivity index (χ1v) is 6.41. The molecule has 0 spiro atoms. The number of ketones is 1. The zero-order chi connectivity index (χ0) is 14.2. The normalized spacial score (nSPS) is 10.7. The number of aromatic nitrogens is 2. The molecule has 1 aromatic carbocycles. The Labute approximate surface area is 121 Å². The van der Waals surface area contributed by atoms with E-state index in [-0.39, 0.29) is 12.2 Å². The molecule has 100 valence electrons. The highest BCUT2D eigenvalue weighted by Crippen LogP contribution is 2.23. The molecule has 0 bridgehead atoms. The van der Waals surface area contributed by atoms with Gasteiger partial charge in [-0.25, -0.2) is 0 Å². The number of hydrogen-bond donors (Lipinski definition) is 1. The van der Waals surface area contributed by atoms with Gasteiger partial charge in [0.2, 0.25) is 0 Å². The van der Waals surface area contributed by atoms with Crippen molar-refractivity contribution in [2.45, 2.75) is 13.3 Å². The Morgan fingerprint density at radius 1 is 1.37 bits per heavy atom. The van der Waals surface area contributed by atoms with Crippen LogP contribution in [0.5, 0.6) is 0 Å². The van der Waals surface area contributed by atoms with E-state index in [0.29, 0.717) is 32.7 Å². The van der Waals surface area contributed by atoms with Crippen LogP contribution in [-0.4, -0.2) is 15.6 Å². The van der Waals surface area contributed by atoms with Crippen LogP contribution in [0.1, 0.15) is 21.7 Å². The topological polar surface area (TPSA) is 60.9 Å². The summed E-state index contributed by atoms with van der Waals surface area (Å²) >= 11 is 12.0. The van der Waals surface area contributed by atoms with Gasteiger partial charge < -0.3 is 5.73 Å². The van der Waals surface area contributed by atoms with Crippen molar-refractivity contribution in [2.75, 3.05) is 5.73 Å². The van der Waals surface area contributed by atoms with E-state index in [0.717, 1.165) is 0 Å². The maximum Gasteiger partial charge on any atom is 0.168 e. The van der Waals surface area contributed by atoms with Crippen molar-refractivity contribution in [1.29, 1.82) is 0 Å². The van der Waals surface area contributed by atoms with Gasteiger partial charge in [-0.1, -0.05) is 23.2 Å². The van der Waals surface area contributed by atoms with Crippen LogP contribution < -0.4 is 5.73 Å². The number of anilines is 1. The predicted octanol–water partition coefficient (Wildman–Crippen LogP) is 3.04. The first kappa shape index (κ1) is 13.9. The third-order valence-electron chi connectivity index (χ3n) is 2.83. The van der Waals surface area contributed by atoms with Crippen LogP contribution in [0.3, 0.4) is 0 Å². The number of halogens is 2. The molecule has 0 saturated heterocycles. The number of benzene rings is 1. The van der Waals surface area contributed by atoms with Gasteiger partial charge in [-0.15, -0.1) is 0 Å². The fraction of sp³-hybridized carbons (Fsp3) is 0.231. The van der Waals surface area contributed by atoms with Crippen LogP contribution in [0.25, 0.3) is 0 Å². The van der Waals surface area contributed by atoms with Crippen LogP contribution in [0, 0.1) is 6.92 Å². The number of Topliss-reactive ketones (excluding diaryl/α,β-unsaturated/α-hetero) is 1. The van der Waals surface area contributed by atoms with E-state index in [4.69, 9.17) is 28.9 Å². The van der Waals surface area contributed by atoms with Gasteiger partial charge in [-0.3, -0.25) is 9.48 Å². The molecule has 4 nitrogen and oxygen atoms in total. The summed E-state index contributed by atoms with van der Waals surface area (Å²) in [4.78, 5) is 12.2. The summed E-state index contributed by atoms with van der Waals surface area (Å²) < 4.78 is 1.61. The van der Waals surface area contributed by atoms with E-state index >= 15 is 0 Å². The largest absolute Gasteiger partial charge is 0.399 e. The molecule has 0 aliphatic rings. The zero-order valence-electron chi connectivity index (χ0n) is 10.6. The third-order valence-corrected chi connectivity index (χ3v) is 3.54. The van der Waals surface area contributed by atoms with Gasteiger partial charge in [-0.05, 0) is 25.1 Å². The van der Waals surface area contributed by atoms with Gasteiger partial charge >= 0.3 is 0 Å². The SMILES string of the molecule is Cc1nn(C)c(CC(=O)c2cc(N)cc(Cl)c2)c1Cl. The van der Waals surface area contributed by atoms with Crippen LogP contribution in [0.2, 0.25) is 10.0 Å². The first-order chi connectivity index (χ1) is 8.88. The third kappa shape index (κ3) is 2.91. The summed E-state index contributed by atoms with van der Waals surface area (Å²) in [7, 11) is 1.76. The van der Waals surface area contributed by atoms with Crippen molar-refractivity contribution in [1.82, 2.24) is 9.78 Å². The molecule has 0 unspecified atom stereocenters. The van der Waals surface area contributed by atoms with E-state index in [1.807, 2.05) is 0 Å². The Bertz CT molecular complexity index is 629. The summed E-state index contributed by atoms with van der Waals surface area (Å²) in [5.41, 5.74) is 8.00. The molecule has 0 aliphatic carbocycles. The van der Waals surface area contributed by atoms with E-state index < -0.39 is 0 Å². The number of carbonyl (C=O) groups is 1. The molecule has 0 aliphatic heterocycles. The van der Waals surface area contributed by atoms with Crippen LogP contribution in [-0.2, 0) is 13.5 Å². The molecular formula is C13H13Cl2N3O. The minimum Gasteiger partial charge on any atom is -0.399 e. The van der Waals surface area contributed by atoms with E-state index in [9.17, 15) is 4.79 Å². The summed E-state index contributed by atoms with van der Waals surface area (Å²) in [5.74, 6) is -0.0981. The highest BCUT2D eigenvalue weighted by molar-refractivity contribution is 6.32. The second-order valence-corrected chi connectivity index (χ2v) is 5.16. The van der Waals surface area contributed by atoms with Crippen molar-refractivity contribution < 1.29 is 4.79 Å². The van der Waals surface area contributed by atoms with Crippen LogP contribution in [0.15, 0.2) is 18.2 Å². The standard InChI is InChI=1S/C13H13Cl2N3O/c1-7-13(15)11(18(2)17-7)6-12(19)8-3-9(14)5-10(16)4-8/h3-5H,6,16H2,1-2H3. The van der Waals surface area contributed by atoms with Crippen molar-refractivity contribution in [3.63, 3.8) is 0 Å². The van der Waals surface area contributed by atoms with Crippen LogP contribution in [0.4, 0.5) is 5.69 Å². The Morgan fingerprint density at radius 2 is 2.05 bits per heavy atom. The molecule has 0 amide bonds. The molecule has 2 N–H and O–H groups in total. The van der Waals surface area contributed by atoms with Crippen molar-refractivity contribution in [2.24, 2.45) is 7.05 Å². The first-order valence-electron chi connectivity index (χ1n) is 5.65. The molecule has 2 rings (SSSR count). The quantitative estimate of drug-likeness (QED) is 0.700. The highest BCUT2D eigenvalue weighted by Gasteiger charge is 2.16. The monoisotopic (exact) mass is 297 g/mol. The van der Waals surface area contributed by atoms with E-state index in [1.54, 1.807) is 36.9 Å². The fourth-order valence-electron chi connectivity index (χ4n) is 1.90. The number of nitrogen functional groups attached to an aromatic ring is 1. The summed E-state index contributed by atoms with van der Waals surface area (Å²) in [6.07, 6.45) is 0.163. The van der Waals surface area contributed by atoms with E-state index in [1.165, 1.54) is 0 Å². The second-order valence-electron chi connectivity index (χ2n) is 4.34. The number of nitrogens with two attached hydrogens (primary N) is 1. The molecule has 1 aromatic heterocycles. The van der Waals surface area contributed by atoms with Gasteiger partial charge in [0.15, 0.2) is 5.78 Å². The Morgan fingerprint density at radius 3 is 2.58 bits per heavy atom. The van der Waals surface area contributed by atoms with E-state index in [2.05, 4.69) is 5.10 Å². The molecule has 0 atom stereocenters. The Balaban J connectivity index is 2.30. The minimum absolute atomic E-state index is 0.0981. The predicted molar refractivity (Wildman–Crippen MR) is 76.9 cm³/mol. The highest BCUT2D eigenvalue weighted by atomic mass is 35.5. The van der Waals surface area contributed by atoms with Crippen molar-refractivity contribution in [3.8, 4) is 0 Å². The number of nitrogens with zero attached hydrogens (tertiary/aromatic N) is 2. The lowest BCUT2D eigenvalue weighted by molar-refractivity contribution is 0.0991. The maximum absolute atomic E-state index is 12.2. The maximum atomic E-state index is 12.2. The summed E-state index contributed by atoms with van der Waals surface area (Å²) in [6, 6.07) is 4.79.